The number of amides is 1. The highest BCUT2D eigenvalue weighted by Crippen LogP contribution is 2.27. The van der Waals surface area contributed by atoms with Crippen LogP contribution >= 0.6 is 11.6 Å². The SMILES string of the molecule is CC1(C)C(=O)NCCN1S(=O)(=O)c1ccc(Cl)cc1. The number of carbonyl (C=O) groups excluding carboxylic acids is 1. The van der Waals surface area contributed by atoms with Crippen molar-refractivity contribution in [2.24, 2.45) is 0 Å². The van der Waals surface area contributed by atoms with Gasteiger partial charge in [0.2, 0.25) is 15.9 Å². The molecular weight excluding hydrogens is 288 g/mol. The van der Waals surface area contributed by atoms with Crippen molar-refractivity contribution < 1.29 is 13.2 Å². The summed E-state index contributed by atoms with van der Waals surface area (Å²) in [7, 11) is -3.71. The first-order valence-electron chi connectivity index (χ1n) is 5.83. The lowest BCUT2D eigenvalue weighted by Gasteiger charge is -2.39. The Morgan fingerprint density at radius 2 is 1.84 bits per heavy atom. The van der Waals surface area contributed by atoms with Crippen molar-refractivity contribution in [2.75, 3.05) is 13.1 Å². The summed E-state index contributed by atoms with van der Waals surface area (Å²) in [6, 6.07) is 5.93. The fourth-order valence-electron chi connectivity index (χ4n) is 2.03. The van der Waals surface area contributed by atoms with Crippen LogP contribution in [0.15, 0.2) is 29.2 Å². The molecule has 0 spiro atoms. The Kier molecular flexibility index (Phi) is 3.59. The molecule has 0 aromatic heterocycles. The quantitative estimate of drug-likeness (QED) is 0.894. The molecule has 1 heterocycles. The van der Waals surface area contributed by atoms with Gasteiger partial charge >= 0.3 is 0 Å². The molecular formula is C12H15ClN2O3S. The fraction of sp³-hybridized carbons (Fsp3) is 0.417. The predicted octanol–water partition coefficient (Wildman–Crippen LogP) is 1.24. The van der Waals surface area contributed by atoms with Crippen LogP contribution in [-0.4, -0.2) is 37.3 Å². The highest BCUT2D eigenvalue weighted by atomic mass is 35.5. The maximum Gasteiger partial charge on any atom is 0.244 e. The molecule has 0 radical (unpaired) electrons. The Labute approximate surface area is 117 Å². The summed E-state index contributed by atoms with van der Waals surface area (Å²) in [4.78, 5) is 12.0. The average molecular weight is 303 g/mol. The number of hydrogen-bond donors (Lipinski definition) is 1. The highest BCUT2D eigenvalue weighted by Gasteiger charge is 2.44. The maximum absolute atomic E-state index is 12.6. The standard InChI is InChI=1S/C12H15ClN2O3S/c1-12(2)11(16)14-7-8-15(12)19(17,18)10-5-3-9(13)4-6-10/h3-6H,7-8H2,1-2H3,(H,14,16). The molecule has 0 atom stereocenters. The number of nitrogens with zero attached hydrogens (tertiary/aromatic N) is 1. The Morgan fingerprint density at radius 3 is 2.42 bits per heavy atom. The van der Waals surface area contributed by atoms with Gasteiger partial charge < -0.3 is 5.32 Å². The van der Waals surface area contributed by atoms with E-state index in [1.165, 1.54) is 28.6 Å². The first-order chi connectivity index (χ1) is 8.76. The summed E-state index contributed by atoms with van der Waals surface area (Å²) in [5.41, 5.74) is -1.10. The number of hydrogen-bond acceptors (Lipinski definition) is 3. The average Bonchev–Trinajstić information content (AvgIpc) is 2.33. The highest BCUT2D eigenvalue weighted by molar-refractivity contribution is 7.89. The van der Waals surface area contributed by atoms with Gasteiger partial charge in [0.1, 0.15) is 5.54 Å². The molecule has 1 fully saturated rings. The molecule has 1 aliphatic rings. The summed E-state index contributed by atoms with van der Waals surface area (Å²) < 4.78 is 26.3. The molecule has 19 heavy (non-hydrogen) atoms. The lowest BCUT2D eigenvalue weighted by Crippen LogP contribution is -2.63. The number of sulfonamides is 1. The van der Waals surface area contributed by atoms with Crippen LogP contribution in [0.2, 0.25) is 5.02 Å². The minimum Gasteiger partial charge on any atom is -0.353 e. The molecule has 0 bridgehead atoms. The molecule has 0 saturated carbocycles. The van der Waals surface area contributed by atoms with Crippen LogP contribution in [0.1, 0.15) is 13.8 Å². The molecule has 5 nitrogen and oxygen atoms in total. The molecule has 1 aromatic carbocycles. The van der Waals surface area contributed by atoms with E-state index in [4.69, 9.17) is 11.6 Å². The fourth-order valence-corrected chi connectivity index (χ4v) is 3.91. The minimum absolute atomic E-state index is 0.139. The lowest BCUT2D eigenvalue weighted by molar-refractivity contribution is -0.131. The number of carbonyl (C=O) groups is 1. The van der Waals surface area contributed by atoms with E-state index in [0.717, 1.165) is 0 Å². The molecule has 1 saturated heterocycles. The van der Waals surface area contributed by atoms with Crippen LogP contribution < -0.4 is 5.32 Å². The van der Waals surface area contributed by atoms with Crippen LogP contribution in [0.25, 0.3) is 0 Å². The van der Waals surface area contributed by atoms with Gasteiger partial charge in [0.25, 0.3) is 0 Å². The van der Waals surface area contributed by atoms with Crippen molar-refractivity contribution in [3.05, 3.63) is 29.3 Å². The van der Waals surface area contributed by atoms with Crippen LogP contribution in [-0.2, 0) is 14.8 Å². The number of halogens is 1. The second-order valence-corrected chi connectivity index (χ2v) is 7.14. The van der Waals surface area contributed by atoms with Gasteiger partial charge in [0, 0.05) is 18.1 Å². The van der Waals surface area contributed by atoms with Crippen LogP contribution in [0.4, 0.5) is 0 Å². The molecule has 0 unspecified atom stereocenters. The summed E-state index contributed by atoms with van der Waals surface area (Å²) >= 11 is 5.75. The van der Waals surface area contributed by atoms with Gasteiger partial charge in [-0.1, -0.05) is 11.6 Å². The van der Waals surface area contributed by atoms with E-state index in [-0.39, 0.29) is 17.3 Å². The third-order valence-corrected chi connectivity index (χ3v) is 5.52. The predicted molar refractivity (Wildman–Crippen MR) is 72.4 cm³/mol. The monoisotopic (exact) mass is 302 g/mol. The zero-order valence-corrected chi connectivity index (χ0v) is 12.3. The molecule has 1 aromatic rings. The van der Waals surface area contributed by atoms with Gasteiger partial charge in [0.15, 0.2) is 0 Å². The van der Waals surface area contributed by atoms with E-state index in [2.05, 4.69) is 5.32 Å². The Bertz CT molecular complexity index is 596. The second kappa shape index (κ2) is 4.77. The van der Waals surface area contributed by atoms with Crippen molar-refractivity contribution in [1.29, 1.82) is 0 Å². The molecule has 7 heteroatoms. The van der Waals surface area contributed by atoms with E-state index in [1.807, 2.05) is 0 Å². The summed E-state index contributed by atoms with van der Waals surface area (Å²) in [6.45, 7) is 3.75. The summed E-state index contributed by atoms with van der Waals surface area (Å²) in [5.74, 6) is -0.295. The van der Waals surface area contributed by atoms with E-state index < -0.39 is 15.6 Å². The van der Waals surface area contributed by atoms with Crippen molar-refractivity contribution in [3.63, 3.8) is 0 Å². The zero-order valence-electron chi connectivity index (χ0n) is 10.7. The Morgan fingerprint density at radius 1 is 1.26 bits per heavy atom. The van der Waals surface area contributed by atoms with Crippen molar-refractivity contribution >= 4 is 27.5 Å². The van der Waals surface area contributed by atoms with Gasteiger partial charge in [-0.2, -0.15) is 4.31 Å². The molecule has 1 amide bonds. The number of piperazine rings is 1. The van der Waals surface area contributed by atoms with Crippen LogP contribution in [0.3, 0.4) is 0 Å². The first-order valence-corrected chi connectivity index (χ1v) is 7.65. The third-order valence-electron chi connectivity index (χ3n) is 3.18. The zero-order chi connectivity index (χ0) is 14.3. The van der Waals surface area contributed by atoms with Gasteiger partial charge in [-0.25, -0.2) is 8.42 Å². The van der Waals surface area contributed by atoms with Crippen LogP contribution in [0, 0.1) is 0 Å². The number of rotatable bonds is 2. The smallest absolute Gasteiger partial charge is 0.244 e. The van der Waals surface area contributed by atoms with Gasteiger partial charge in [0.05, 0.1) is 4.90 Å². The Balaban J connectivity index is 2.44. The van der Waals surface area contributed by atoms with Crippen molar-refractivity contribution in [1.82, 2.24) is 9.62 Å². The van der Waals surface area contributed by atoms with E-state index in [1.54, 1.807) is 13.8 Å². The van der Waals surface area contributed by atoms with E-state index >= 15 is 0 Å². The molecule has 104 valence electrons. The van der Waals surface area contributed by atoms with Crippen molar-refractivity contribution in [2.45, 2.75) is 24.3 Å². The van der Waals surface area contributed by atoms with E-state index in [0.29, 0.717) is 11.6 Å². The minimum atomic E-state index is -3.71. The largest absolute Gasteiger partial charge is 0.353 e. The molecule has 0 aliphatic carbocycles. The normalized spacial score (nSPS) is 20.1. The topological polar surface area (TPSA) is 66.5 Å². The van der Waals surface area contributed by atoms with Gasteiger partial charge in [-0.3, -0.25) is 4.79 Å². The van der Waals surface area contributed by atoms with Gasteiger partial charge in [-0.15, -0.1) is 0 Å². The number of benzene rings is 1. The Hall–Kier alpha value is -1.11. The van der Waals surface area contributed by atoms with Crippen LogP contribution in [0.5, 0.6) is 0 Å². The summed E-state index contributed by atoms with van der Waals surface area (Å²) in [6.07, 6.45) is 0. The lowest BCUT2D eigenvalue weighted by atomic mass is 10.0. The second-order valence-electron chi connectivity index (χ2n) is 4.85. The van der Waals surface area contributed by atoms with Gasteiger partial charge in [-0.05, 0) is 38.1 Å². The first kappa shape index (κ1) is 14.3. The van der Waals surface area contributed by atoms with Crippen molar-refractivity contribution in [3.8, 4) is 0 Å². The van der Waals surface area contributed by atoms with E-state index in [9.17, 15) is 13.2 Å². The molecule has 1 N–H and O–H groups in total. The third kappa shape index (κ3) is 2.48. The summed E-state index contributed by atoms with van der Waals surface area (Å²) in [5, 5.41) is 3.14. The molecule has 2 rings (SSSR count). The molecule has 1 aliphatic heterocycles. The maximum atomic E-state index is 12.6. The number of nitrogens with one attached hydrogen (secondary N) is 1.